The number of amides is 2. The second kappa shape index (κ2) is 7.71. The lowest BCUT2D eigenvalue weighted by Crippen LogP contribution is -2.38. The Morgan fingerprint density at radius 3 is 2.67 bits per heavy atom. The van der Waals surface area contributed by atoms with Crippen molar-refractivity contribution in [1.82, 2.24) is 4.90 Å². The highest BCUT2D eigenvalue weighted by atomic mass is 35.5. The minimum Gasteiger partial charge on any atom is -0.317 e. The molecular formula is C20H23ClN2O. The molecule has 0 saturated carbocycles. The lowest BCUT2D eigenvalue weighted by atomic mass is 9.99. The van der Waals surface area contributed by atoms with Crippen LogP contribution >= 0.6 is 11.6 Å². The molecule has 2 aromatic rings. The first-order chi connectivity index (χ1) is 11.6. The molecule has 1 atom stereocenters. The molecule has 2 amide bonds. The molecule has 1 heterocycles. The van der Waals surface area contributed by atoms with Crippen LogP contribution < -0.4 is 5.32 Å². The number of carbonyl (C=O) groups is 1. The normalized spacial score (nSPS) is 18.1. The first kappa shape index (κ1) is 16.8. The Morgan fingerprint density at radius 1 is 1.12 bits per heavy atom. The van der Waals surface area contributed by atoms with Crippen molar-refractivity contribution in [1.29, 1.82) is 0 Å². The van der Waals surface area contributed by atoms with Gasteiger partial charge in [-0.1, -0.05) is 54.3 Å². The van der Waals surface area contributed by atoms with Crippen LogP contribution in [0.3, 0.4) is 0 Å². The zero-order valence-corrected chi connectivity index (χ0v) is 14.7. The van der Waals surface area contributed by atoms with E-state index in [1.807, 2.05) is 17.0 Å². The maximum atomic E-state index is 12.9. The van der Waals surface area contributed by atoms with Crippen LogP contribution in [0.25, 0.3) is 0 Å². The molecule has 2 aromatic carbocycles. The number of nitrogens with one attached hydrogen (secondary N) is 1. The van der Waals surface area contributed by atoms with Gasteiger partial charge < -0.3 is 10.2 Å². The van der Waals surface area contributed by atoms with Gasteiger partial charge in [0.25, 0.3) is 0 Å². The van der Waals surface area contributed by atoms with Gasteiger partial charge in [-0.15, -0.1) is 0 Å². The van der Waals surface area contributed by atoms with Crippen molar-refractivity contribution < 1.29 is 4.79 Å². The standard InChI is InChI=1S/C20H23ClN2O/c1-15-6-5-7-16(14-15)19-8-3-2-4-13-23(19)20(24)22-18-11-9-17(21)10-12-18/h5-7,9-12,14,19H,2-4,8,13H2,1H3,(H,22,24)/t19-/m0/s1. The maximum absolute atomic E-state index is 12.9. The average molecular weight is 343 g/mol. The molecule has 126 valence electrons. The molecule has 0 aromatic heterocycles. The fraction of sp³-hybridized carbons (Fsp3) is 0.350. The van der Waals surface area contributed by atoms with Crippen LogP contribution in [0, 0.1) is 6.92 Å². The summed E-state index contributed by atoms with van der Waals surface area (Å²) in [6.07, 6.45) is 4.39. The lowest BCUT2D eigenvalue weighted by Gasteiger charge is -2.30. The van der Waals surface area contributed by atoms with Gasteiger partial charge in [0.05, 0.1) is 6.04 Å². The predicted octanol–water partition coefficient (Wildman–Crippen LogP) is 5.80. The molecule has 1 aliphatic rings. The van der Waals surface area contributed by atoms with E-state index in [1.165, 1.54) is 17.5 Å². The number of carbonyl (C=O) groups excluding carboxylic acids is 1. The summed E-state index contributed by atoms with van der Waals surface area (Å²) in [5.74, 6) is 0. The van der Waals surface area contributed by atoms with Gasteiger partial charge in [-0.2, -0.15) is 0 Å². The first-order valence-corrected chi connectivity index (χ1v) is 8.91. The van der Waals surface area contributed by atoms with Crippen LogP contribution in [0.5, 0.6) is 0 Å². The number of hydrogen-bond acceptors (Lipinski definition) is 1. The molecule has 0 spiro atoms. The third-order valence-electron chi connectivity index (χ3n) is 4.54. The topological polar surface area (TPSA) is 32.3 Å². The molecule has 0 bridgehead atoms. The second-order valence-electron chi connectivity index (χ2n) is 6.41. The number of halogens is 1. The Labute approximate surface area is 148 Å². The zero-order valence-electron chi connectivity index (χ0n) is 14.0. The van der Waals surface area contributed by atoms with Crippen LogP contribution in [0.1, 0.15) is 42.9 Å². The number of rotatable bonds is 2. The Balaban J connectivity index is 1.81. The van der Waals surface area contributed by atoms with Crippen molar-refractivity contribution in [3.8, 4) is 0 Å². The van der Waals surface area contributed by atoms with Crippen molar-refractivity contribution in [2.24, 2.45) is 0 Å². The highest BCUT2D eigenvalue weighted by Gasteiger charge is 2.26. The summed E-state index contributed by atoms with van der Waals surface area (Å²) >= 11 is 5.91. The van der Waals surface area contributed by atoms with Crippen LogP contribution in [0.15, 0.2) is 48.5 Å². The molecule has 4 heteroatoms. The van der Waals surface area contributed by atoms with Gasteiger partial charge in [0.2, 0.25) is 0 Å². The average Bonchev–Trinajstić information content (AvgIpc) is 2.83. The smallest absolute Gasteiger partial charge is 0.317 e. The Hall–Kier alpha value is -2.00. The molecule has 3 rings (SSSR count). The number of aryl methyl sites for hydroxylation is 1. The molecule has 1 N–H and O–H groups in total. The lowest BCUT2D eigenvalue weighted by molar-refractivity contribution is 0.189. The summed E-state index contributed by atoms with van der Waals surface area (Å²) in [6, 6.07) is 15.8. The highest BCUT2D eigenvalue weighted by molar-refractivity contribution is 6.30. The van der Waals surface area contributed by atoms with E-state index in [-0.39, 0.29) is 12.1 Å². The molecule has 24 heavy (non-hydrogen) atoms. The van der Waals surface area contributed by atoms with Gasteiger partial charge in [0, 0.05) is 17.3 Å². The van der Waals surface area contributed by atoms with Crippen molar-refractivity contribution in [2.45, 2.75) is 38.6 Å². The Kier molecular flexibility index (Phi) is 5.41. The monoisotopic (exact) mass is 342 g/mol. The van der Waals surface area contributed by atoms with E-state index in [1.54, 1.807) is 12.1 Å². The van der Waals surface area contributed by atoms with Gasteiger partial charge in [-0.05, 0) is 49.6 Å². The van der Waals surface area contributed by atoms with E-state index in [2.05, 4.69) is 36.5 Å². The number of nitrogens with zero attached hydrogens (tertiary/aromatic N) is 1. The minimum atomic E-state index is -0.0364. The summed E-state index contributed by atoms with van der Waals surface area (Å²) < 4.78 is 0. The molecule has 0 radical (unpaired) electrons. The third-order valence-corrected chi connectivity index (χ3v) is 4.79. The number of anilines is 1. The van der Waals surface area contributed by atoms with E-state index in [0.29, 0.717) is 5.02 Å². The molecule has 0 aliphatic carbocycles. The van der Waals surface area contributed by atoms with Crippen molar-refractivity contribution in [2.75, 3.05) is 11.9 Å². The molecule has 3 nitrogen and oxygen atoms in total. The van der Waals surface area contributed by atoms with Crippen molar-refractivity contribution in [3.05, 3.63) is 64.7 Å². The zero-order chi connectivity index (χ0) is 16.9. The van der Waals surface area contributed by atoms with Gasteiger partial charge >= 0.3 is 6.03 Å². The SMILES string of the molecule is Cc1cccc([C@@H]2CCCCCN2C(=O)Nc2ccc(Cl)cc2)c1. The molecule has 1 fully saturated rings. The minimum absolute atomic E-state index is 0.0364. The summed E-state index contributed by atoms with van der Waals surface area (Å²) in [4.78, 5) is 14.8. The van der Waals surface area contributed by atoms with Gasteiger partial charge in [0.15, 0.2) is 0 Å². The van der Waals surface area contributed by atoms with E-state index >= 15 is 0 Å². The van der Waals surface area contributed by atoms with Gasteiger partial charge in [-0.3, -0.25) is 0 Å². The van der Waals surface area contributed by atoms with Crippen LogP contribution in [-0.4, -0.2) is 17.5 Å². The van der Waals surface area contributed by atoms with E-state index in [9.17, 15) is 4.79 Å². The van der Waals surface area contributed by atoms with Gasteiger partial charge in [-0.25, -0.2) is 4.79 Å². The molecule has 0 unspecified atom stereocenters. The summed E-state index contributed by atoms with van der Waals surface area (Å²) in [7, 11) is 0. The molecule has 1 aliphatic heterocycles. The van der Waals surface area contributed by atoms with Crippen molar-refractivity contribution in [3.63, 3.8) is 0 Å². The largest absolute Gasteiger partial charge is 0.322 e. The number of hydrogen-bond donors (Lipinski definition) is 1. The fourth-order valence-corrected chi connectivity index (χ4v) is 3.43. The molecular weight excluding hydrogens is 320 g/mol. The summed E-state index contributed by atoms with van der Waals surface area (Å²) in [6.45, 7) is 2.89. The predicted molar refractivity (Wildman–Crippen MR) is 99.6 cm³/mol. The Bertz CT molecular complexity index is 699. The maximum Gasteiger partial charge on any atom is 0.322 e. The summed E-state index contributed by atoms with van der Waals surface area (Å²) in [5.41, 5.74) is 3.23. The third kappa shape index (κ3) is 4.09. The first-order valence-electron chi connectivity index (χ1n) is 8.53. The second-order valence-corrected chi connectivity index (χ2v) is 6.85. The quantitative estimate of drug-likeness (QED) is 0.735. The van der Waals surface area contributed by atoms with Gasteiger partial charge in [0.1, 0.15) is 0 Å². The van der Waals surface area contributed by atoms with E-state index < -0.39 is 0 Å². The van der Waals surface area contributed by atoms with E-state index in [0.717, 1.165) is 31.5 Å². The molecule has 1 saturated heterocycles. The van der Waals surface area contributed by atoms with Crippen LogP contribution in [0.4, 0.5) is 10.5 Å². The van der Waals surface area contributed by atoms with Crippen molar-refractivity contribution >= 4 is 23.3 Å². The number of benzene rings is 2. The van der Waals surface area contributed by atoms with Crippen LogP contribution in [-0.2, 0) is 0 Å². The Morgan fingerprint density at radius 2 is 1.92 bits per heavy atom. The highest BCUT2D eigenvalue weighted by Crippen LogP contribution is 2.31. The summed E-state index contributed by atoms with van der Waals surface area (Å²) in [5, 5.41) is 3.68. The number of urea groups is 1. The van der Waals surface area contributed by atoms with E-state index in [4.69, 9.17) is 11.6 Å². The fourth-order valence-electron chi connectivity index (χ4n) is 3.30. The van der Waals surface area contributed by atoms with Crippen LogP contribution in [0.2, 0.25) is 5.02 Å². The number of likely N-dealkylation sites (tertiary alicyclic amines) is 1.